The third-order valence-corrected chi connectivity index (χ3v) is 3.75. The molecule has 0 spiro atoms. The zero-order valence-corrected chi connectivity index (χ0v) is 14.5. The molecule has 2 aromatic rings. The highest BCUT2D eigenvalue weighted by molar-refractivity contribution is 5.96. The van der Waals surface area contributed by atoms with E-state index in [4.69, 9.17) is 4.74 Å². The molecule has 2 rings (SSSR count). The highest BCUT2D eigenvalue weighted by Gasteiger charge is 2.14. The van der Waals surface area contributed by atoms with Gasteiger partial charge in [-0.05, 0) is 43.2 Å². The first-order valence-electron chi connectivity index (χ1n) is 7.93. The highest BCUT2D eigenvalue weighted by Crippen LogP contribution is 2.17. The molecule has 7 heteroatoms. The topological polar surface area (TPSA) is 84.5 Å². The molecular weight excluding hydrogens is 339 g/mol. The SMILES string of the molecule is Cc1cccc(NC(=O)CNC(=O)COC(=O)c2ccccc2F)c1C. The van der Waals surface area contributed by atoms with Gasteiger partial charge in [0.25, 0.3) is 5.91 Å². The zero-order valence-electron chi connectivity index (χ0n) is 14.5. The van der Waals surface area contributed by atoms with Crippen LogP contribution in [0.1, 0.15) is 21.5 Å². The maximum absolute atomic E-state index is 13.4. The van der Waals surface area contributed by atoms with Gasteiger partial charge in [-0.3, -0.25) is 9.59 Å². The largest absolute Gasteiger partial charge is 0.452 e. The maximum Gasteiger partial charge on any atom is 0.341 e. The van der Waals surface area contributed by atoms with Crippen molar-refractivity contribution >= 4 is 23.5 Å². The summed E-state index contributed by atoms with van der Waals surface area (Å²) in [5, 5.41) is 5.03. The van der Waals surface area contributed by atoms with E-state index in [1.807, 2.05) is 26.0 Å². The van der Waals surface area contributed by atoms with Crippen LogP contribution in [0.4, 0.5) is 10.1 Å². The average Bonchev–Trinajstić information content (AvgIpc) is 2.62. The van der Waals surface area contributed by atoms with Gasteiger partial charge in [-0.15, -0.1) is 0 Å². The summed E-state index contributed by atoms with van der Waals surface area (Å²) in [5.41, 5.74) is 2.38. The second-order valence-corrected chi connectivity index (χ2v) is 5.63. The predicted molar refractivity (Wildman–Crippen MR) is 94.2 cm³/mol. The molecule has 0 aliphatic carbocycles. The summed E-state index contributed by atoms with van der Waals surface area (Å²) in [6.07, 6.45) is 0. The second kappa shape index (κ2) is 8.75. The van der Waals surface area contributed by atoms with E-state index in [0.29, 0.717) is 5.69 Å². The van der Waals surface area contributed by atoms with Crippen molar-refractivity contribution in [3.05, 3.63) is 65.0 Å². The fourth-order valence-electron chi connectivity index (χ4n) is 2.15. The molecular formula is C19H19FN2O4. The molecule has 2 aromatic carbocycles. The first kappa shape index (κ1) is 19.1. The van der Waals surface area contributed by atoms with Gasteiger partial charge in [0.2, 0.25) is 5.91 Å². The summed E-state index contributed by atoms with van der Waals surface area (Å²) >= 11 is 0. The van der Waals surface area contributed by atoms with Crippen molar-refractivity contribution < 1.29 is 23.5 Å². The summed E-state index contributed by atoms with van der Waals surface area (Å²) < 4.78 is 18.2. The fourth-order valence-corrected chi connectivity index (χ4v) is 2.15. The Morgan fingerprint density at radius 1 is 1.00 bits per heavy atom. The monoisotopic (exact) mass is 358 g/mol. The van der Waals surface area contributed by atoms with E-state index in [2.05, 4.69) is 10.6 Å². The highest BCUT2D eigenvalue weighted by atomic mass is 19.1. The number of rotatable bonds is 6. The van der Waals surface area contributed by atoms with Crippen molar-refractivity contribution in [2.45, 2.75) is 13.8 Å². The van der Waals surface area contributed by atoms with Gasteiger partial charge in [0.15, 0.2) is 6.61 Å². The number of ether oxygens (including phenoxy) is 1. The Labute approximate surface area is 150 Å². The lowest BCUT2D eigenvalue weighted by atomic mass is 10.1. The molecule has 2 N–H and O–H groups in total. The lowest BCUT2D eigenvalue weighted by Crippen LogP contribution is -2.35. The normalized spacial score (nSPS) is 10.1. The summed E-state index contributed by atoms with van der Waals surface area (Å²) in [6.45, 7) is 2.93. The number of nitrogens with one attached hydrogen (secondary N) is 2. The van der Waals surface area contributed by atoms with Gasteiger partial charge >= 0.3 is 5.97 Å². The van der Waals surface area contributed by atoms with Crippen LogP contribution in [0, 0.1) is 19.7 Å². The molecule has 2 amide bonds. The van der Waals surface area contributed by atoms with Crippen molar-refractivity contribution in [2.24, 2.45) is 0 Å². The predicted octanol–water partition coefficient (Wildman–Crippen LogP) is 2.35. The minimum atomic E-state index is -0.946. The maximum atomic E-state index is 13.4. The van der Waals surface area contributed by atoms with Crippen molar-refractivity contribution in [3.63, 3.8) is 0 Å². The molecule has 0 saturated heterocycles. The molecule has 0 aliphatic heterocycles. The number of carbonyl (C=O) groups is 3. The van der Waals surface area contributed by atoms with E-state index >= 15 is 0 Å². The van der Waals surface area contributed by atoms with Gasteiger partial charge < -0.3 is 15.4 Å². The molecule has 0 radical (unpaired) electrons. The van der Waals surface area contributed by atoms with E-state index in [1.54, 1.807) is 6.07 Å². The van der Waals surface area contributed by atoms with Crippen LogP contribution in [-0.4, -0.2) is 30.9 Å². The third-order valence-electron chi connectivity index (χ3n) is 3.75. The van der Waals surface area contributed by atoms with Gasteiger partial charge in [-0.1, -0.05) is 24.3 Å². The van der Waals surface area contributed by atoms with Gasteiger partial charge in [0.05, 0.1) is 12.1 Å². The van der Waals surface area contributed by atoms with Crippen LogP contribution >= 0.6 is 0 Å². The Hall–Kier alpha value is -3.22. The molecule has 6 nitrogen and oxygen atoms in total. The molecule has 0 fully saturated rings. The quantitative estimate of drug-likeness (QED) is 0.777. The molecule has 0 atom stereocenters. The number of aryl methyl sites for hydroxylation is 1. The van der Waals surface area contributed by atoms with Crippen molar-refractivity contribution in [1.82, 2.24) is 5.32 Å². The Kier molecular flexibility index (Phi) is 6.43. The van der Waals surface area contributed by atoms with Crippen LogP contribution in [0.25, 0.3) is 0 Å². The summed E-state index contributed by atoms with van der Waals surface area (Å²) in [5.74, 6) is -2.75. The van der Waals surface area contributed by atoms with E-state index in [9.17, 15) is 18.8 Å². The number of halogens is 1. The minimum Gasteiger partial charge on any atom is -0.452 e. The molecule has 0 heterocycles. The fraction of sp³-hybridized carbons (Fsp3) is 0.211. The standard InChI is InChI=1S/C19H19FN2O4/c1-12-6-5-9-16(13(12)2)22-17(23)10-21-18(24)11-26-19(25)14-7-3-4-8-15(14)20/h3-9H,10-11H2,1-2H3,(H,21,24)(H,22,23). The van der Waals surface area contributed by atoms with Crippen LogP contribution in [0.3, 0.4) is 0 Å². The lowest BCUT2D eigenvalue weighted by molar-refractivity contribution is -0.126. The Bertz CT molecular complexity index is 836. The Balaban J connectivity index is 1.78. The molecule has 0 aromatic heterocycles. The van der Waals surface area contributed by atoms with Crippen molar-refractivity contribution in [3.8, 4) is 0 Å². The molecule has 0 bridgehead atoms. The van der Waals surface area contributed by atoms with Crippen LogP contribution in [0.5, 0.6) is 0 Å². The molecule has 26 heavy (non-hydrogen) atoms. The molecule has 0 unspecified atom stereocenters. The van der Waals surface area contributed by atoms with Crippen LogP contribution in [0.2, 0.25) is 0 Å². The first-order valence-corrected chi connectivity index (χ1v) is 7.93. The lowest BCUT2D eigenvalue weighted by Gasteiger charge is -2.11. The van der Waals surface area contributed by atoms with Crippen LogP contribution in [0.15, 0.2) is 42.5 Å². The van der Waals surface area contributed by atoms with E-state index < -0.39 is 30.2 Å². The van der Waals surface area contributed by atoms with Crippen LogP contribution in [-0.2, 0) is 14.3 Å². The number of carbonyl (C=O) groups excluding carboxylic acids is 3. The number of anilines is 1. The van der Waals surface area contributed by atoms with Crippen molar-refractivity contribution in [2.75, 3.05) is 18.5 Å². The number of hydrogen-bond donors (Lipinski definition) is 2. The second-order valence-electron chi connectivity index (χ2n) is 5.63. The van der Waals surface area contributed by atoms with E-state index in [1.165, 1.54) is 18.2 Å². The number of benzene rings is 2. The van der Waals surface area contributed by atoms with Gasteiger partial charge in [-0.2, -0.15) is 0 Å². The van der Waals surface area contributed by atoms with E-state index in [-0.39, 0.29) is 12.1 Å². The summed E-state index contributed by atoms with van der Waals surface area (Å²) in [7, 11) is 0. The average molecular weight is 358 g/mol. The molecule has 0 saturated carbocycles. The molecule has 136 valence electrons. The summed E-state index contributed by atoms with van der Waals surface area (Å²) in [6, 6.07) is 10.8. The Morgan fingerprint density at radius 3 is 2.46 bits per heavy atom. The van der Waals surface area contributed by atoms with Crippen molar-refractivity contribution in [1.29, 1.82) is 0 Å². The first-order chi connectivity index (χ1) is 12.4. The number of amides is 2. The zero-order chi connectivity index (χ0) is 19.1. The Morgan fingerprint density at radius 2 is 1.73 bits per heavy atom. The number of hydrogen-bond acceptors (Lipinski definition) is 4. The molecule has 0 aliphatic rings. The van der Waals surface area contributed by atoms with E-state index in [0.717, 1.165) is 17.2 Å². The number of esters is 1. The van der Waals surface area contributed by atoms with Gasteiger partial charge in [0.1, 0.15) is 5.82 Å². The van der Waals surface area contributed by atoms with Crippen LogP contribution < -0.4 is 10.6 Å². The third kappa shape index (κ3) is 5.14. The smallest absolute Gasteiger partial charge is 0.341 e. The summed E-state index contributed by atoms with van der Waals surface area (Å²) in [4.78, 5) is 35.3. The minimum absolute atomic E-state index is 0.257. The van der Waals surface area contributed by atoms with Gasteiger partial charge in [0, 0.05) is 5.69 Å². The van der Waals surface area contributed by atoms with Gasteiger partial charge in [-0.25, -0.2) is 9.18 Å².